The van der Waals surface area contributed by atoms with Gasteiger partial charge < -0.3 is 15.6 Å². The van der Waals surface area contributed by atoms with E-state index in [0.717, 1.165) is 23.4 Å². The largest absolute Gasteiger partial charge is 0.397 e. The fourth-order valence-corrected chi connectivity index (χ4v) is 3.57. The maximum absolute atomic E-state index is 12.0. The average molecular weight is 306 g/mol. The Bertz CT molecular complexity index is 632. The number of Topliss-reactive ketones (excluding diaryl/α,β-unsaturated/α-hetero) is 1. The normalized spacial score (nSPS) is 14.3. The first-order valence-electron chi connectivity index (χ1n) is 7.15. The number of aromatic nitrogens is 2. The maximum atomic E-state index is 12.0. The summed E-state index contributed by atoms with van der Waals surface area (Å²) in [7, 11) is 0. The first kappa shape index (κ1) is 14.1. The number of ketones is 1. The van der Waals surface area contributed by atoms with Gasteiger partial charge in [0.1, 0.15) is 0 Å². The summed E-state index contributed by atoms with van der Waals surface area (Å²) >= 11 is 1.47. The summed E-state index contributed by atoms with van der Waals surface area (Å²) in [6, 6.07) is 0. The number of nitrogens with one attached hydrogen (secondary N) is 1. The van der Waals surface area contributed by atoms with Crippen molar-refractivity contribution in [2.45, 2.75) is 38.5 Å². The first-order chi connectivity index (χ1) is 10.2. The third kappa shape index (κ3) is 2.92. The Morgan fingerprint density at radius 1 is 1.57 bits per heavy atom. The van der Waals surface area contributed by atoms with Crippen LogP contribution in [-0.2, 0) is 6.42 Å². The Labute approximate surface area is 126 Å². The lowest BCUT2D eigenvalue weighted by atomic mass is 10.1. The number of thiophene rings is 1. The van der Waals surface area contributed by atoms with Crippen LogP contribution in [0.3, 0.4) is 0 Å². The highest BCUT2D eigenvalue weighted by atomic mass is 32.1. The standard InChI is InChI=1S/C14H18N4O2S/c1-2-9(19)13-12(15)11(8-3-4-8)14(21-13)16-6-5-10-17-7-20-18-10/h7-8,16H,2-6,15H2,1H3. The van der Waals surface area contributed by atoms with E-state index >= 15 is 0 Å². The Balaban J connectivity index is 1.75. The second-order valence-corrected chi connectivity index (χ2v) is 6.18. The third-order valence-electron chi connectivity index (χ3n) is 3.58. The van der Waals surface area contributed by atoms with Crippen molar-refractivity contribution in [3.63, 3.8) is 0 Å². The van der Waals surface area contributed by atoms with Crippen molar-refractivity contribution in [2.24, 2.45) is 0 Å². The number of rotatable bonds is 7. The molecule has 3 rings (SSSR count). The monoisotopic (exact) mass is 306 g/mol. The zero-order valence-corrected chi connectivity index (χ0v) is 12.7. The molecule has 0 aliphatic heterocycles. The van der Waals surface area contributed by atoms with E-state index in [4.69, 9.17) is 10.3 Å². The molecule has 0 aromatic carbocycles. The minimum absolute atomic E-state index is 0.116. The van der Waals surface area contributed by atoms with E-state index < -0.39 is 0 Å². The van der Waals surface area contributed by atoms with Gasteiger partial charge in [0.2, 0.25) is 6.39 Å². The molecule has 0 saturated heterocycles. The molecule has 3 N–H and O–H groups in total. The van der Waals surface area contributed by atoms with Gasteiger partial charge in [-0.25, -0.2) is 0 Å². The van der Waals surface area contributed by atoms with Crippen LogP contribution in [0.15, 0.2) is 10.9 Å². The number of carbonyl (C=O) groups is 1. The van der Waals surface area contributed by atoms with E-state index in [1.54, 1.807) is 0 Å². The summed E-state index contributed by atoms with van der Waals surface area (Å²) in [6.07, 6.45) is 4.79. The molecule has 0 atom stereocenters. The number of anilines is 2. The van der Waals surface area contributed by atoms with Gasteiger partial charge in [0, 0.05) is 24.9 Å². The van der Waals surface area contributed by atoms with Crippen LogP contribution in [0.25, 0.3) is 0 Å². The lowest BCUT2D eigenvalue weighted by Crippen LogP contribution is -2.06. The molecule has 0 unspecified atom stereocenters. The number of nitrogen functional groups attached to an aromatic ring is 1. The van der Waals surface area contributed by atoms with Crippen LogP contribution in [0.2, 0.25) is 0 Å². The van der Waals surface area contributed by atoms with Gasteiger partial charge in [0.15, 0.2) is 11.6 Å². The number of hydrogen-bond acceptors (Lipinski definition) is 7. The predicted octanol–water partition coefficient (Wildman–Crippen LogP) is 2.84. The Morgan fingerprint density at radius 2 is 2.38 bits per heavy atom. The second-order valence-electron chi connectivity index (χ2n) is 5.16. The Morgan fingerprint density at radius 3 is 3.00 bits per heavy atom. The van der Waals surface area contributed by atoms with Crippen molar-refractivity contribution in [3.8, 4) is 0 Å². The van der Waals surface area contributed by atoms with E-state index in [0.29, 0.717) is 41.7 Å². The van der Waals surface area contributed by atoms with Crippen molar-refractivity contribution in [3.05, 3.63) is 22.7 Å². The van der Waals surface area contributed by atoms with Crippen LogP contribution in [0.1, 0.15) is 53.2 Å². The smallest absolute Gasteiger partial charge is 0.213 e. The van der Waals surface area contributed by atoms with Crippen molar-refractivity contribution in [1.29, 1.82) is 0 Å². The zero-order valence-electron chi connectivity index (χ0n) is 11.9. The van der Waals surface area contributed by atoms with Crippen molar-refractivity contribution >= 4 is 27.8 Å². The maximum Gasteiger partial charge on any atom is 0.213 e. The molecule has 1 saturated carbocycles. The molecule has 1 fully saturated rings. The van der Waals surface area contributed by atoms with E-state index in [2.05, 4.69) is 15.5 Å². The molecule has 21 heavy (non-hydrogen) atoms. The van der Waals surface area contributed by atoms with E-state index in [9.17, 15) is 4.79 Å². The first-order valence-corrected chi connectivity index (χ1v) is 7.96. The van der Waals surface area contributed by atoms with Gasteiger partial charge in [-0.05, 0) is 18.8 Å². The van der Waals surface area contributed by atoms with Crippen LogP contribution in [-0.4, -0.2) is 22.5 Å². The highest BCUT2D eigenvalue weighted by Gasteiger charge is 2.32. The minimum Gasteiger partial charge on any atom is -0.397 e. The molecule has 2 aromatic heterocycles. The van der Waals surface area contributed by atoms with Gasteiger partial charge in [-0.2, -0.15) is 4.98 Å². The molecule has 1 aliphatic rings. The van der Waals surface area contributed by atoms with Gasteiger partial charge >= 0.3 is 0 Å². The molecular formula is C14H18N4O2S. The summed E-state index contributed by atoms with van der Waals surface area (Å²) in [5.74, 6) is 1.29. The number of hydrogen-bond donors (Lipinski definition) is 2. The lowest BCUT2D eigenvalue weighted by molar-refractivity contribution is 0.0993. The van der Waals surface area contributed by atoms with Crippen LogP contribution < -0.4 is 11.1 Å². The average Bonchev–Trinajstić information content (AvgIpc) is 3.07. The second kappa shape index (κ2) is 5.85. The van der Waals surface area contributed by atoms with E-state index in [1.165, 1.54) is 17.7 Å². The molecule has 1 aliphatic carbocycles. The third-order valence-corrected chi connectivity index (χ3v) is 4.80. The van der Waals surface area contributed by atoms with Gasteiger partial charge in [-0.3, -0.25) is 4.79 Å². The van der Waals surface area contributed by atoms with Crippen LogP contribution >= 0.6 is 11.3 Å². The Kier molecular flexibility index (Phi) is 3.92. The predicted molar refractivity (Wildman–Crippen MR) is 81.8 cm³/mol. The molecule has 112 valence electrons. The van der Waals surface area contributed by atoms with Crippen LogP contribution in [0, 0.1) is 0 Å². The highest BCUT2D eigenvalue weighted by Crippen LogP contribution is 2.50. The van der Waals surface area contributed by atoms with Crippen LogP contribution in [0.4, 0.5) is 10.7 Å². The molecular weight excluding hydrogens is 288 g/mol. The molecule has 0 spiro atoms. The minimum atomic E-state index is 0.116. The molecule has 6 nitrogen and oxygen atoms in total. The quantitative estimate of drug-likeness (QED) is 0.764. The van der Waals surface area contributed by atoms with Crippen molar-refractivity contribution in [2.75, 3.05) is 17.6 Å². The molecule has 2 heterocycles. The number of nitrogens with zero attached hydrogens (tertiary/aromatic N) is 2. The lowest BCUT2D eigenvalue weighted by Gasteiger charge is -2.05. The molecule has 0 amide bonds. The topological polar surface area (TPSA) is 94.0 Å². The molecule has 0 bridgehead atoms. The molecule has 7 heteroatoms. The van der Waals surface area contributed by atoms with Gasteiger partial charge in [-0.1, -0.05) is 12.1 Å². The van der Waals surface area contributed by atoms with Gasteiger partial charge in [0.05, 0.1) is 15.6 Å². The summed E-state index contributed by atoms with van der Waals surface area (Å²) in [6.45, 7) is 2.56. The van der Waals surface area contributed by atoms with E-state index in [-0.39, 0.29) is 5.78 Å². The van der Waals surface area contributed by atoms with Gasteiger partial charge in [0.25, 0.3) is 0 Å². The summed E-state index contributed by atoms with van der Waals surface area (Å²) < 4.78 is 4.71. The van der Waals surface area contributed by atoms with Crippen molar-refractivity contribution < 1.29 is 9.32 Å². The molecule has 0 radical (unpaired) electrons. The highest BCUT2D eigenvalue weighted by molar-refractivity contribution is 7.18. The molecule has 2 aromatic rings. The summed E-state index contributed by atoms with van der Waals surface area (Å²) in [4.78, 5) is 16.7. The van der Waals surface area contributed by atoms with Crippen molar-refractivity contribution in [1.82, 2.24) is 10.1 Å². The SMILES string of the molecule is CCC(=O)c1sc(NCCc2ncon2)c(C2CC2)c1N. The van der Waals surface area contributed by atoms with Crippen LogP contribution in [0.5, 0.6) is 0 Å². The number of carbonyl (C=O) groups excluding carboxylic acids is 1. The zero-order chi connectivity index (χ0) is 14.8. The van der Waals surface area contributed by atoms with E-state index in [1.807, 2.05) is 6.92 Å². The Hall–Kier alpha value is -1.89. The van der Waals surface area contributed by atoms with Gasteiger partial charge in [-0.15, -0.1) is 11.3 Å². The fourth-order valence-electron chi connectivity index (χ4n) is 2.32. The summed E-state index contributed by atoms with van der Waals surface area (Å²) in [5.41, 5.74) is 8.00. The summed E-state index contributed by atoms with van der Waals surface area (Å²) in [5, 5.41) is 8.18. The fraction of sp³-hybridized carbons (Fsp3) is 0.500. The number of nitrogens with two attached hydrogens (primary N) is 1.